The van der Waals surface area contributed by atoms with E-state index in [9.17, 15) is 0 Å². The van der Waals surface area contributed by atoms with Crippen LogP contribution in [-0.4, -0.2) is 83.3 Å². The van der Waals surface area contributed by atoms with E-state index in [1.54, 1.807) is 45.4 Å². The van der Waals surface area contributed by atoms with E-state index in [-0.39, 0.29) is 15.8 Å². The summed E-state index contributed by atoms with van der Waals surface area (Å²) in [5, 5.41) is 8.44. The van der Waals surface area contributed by atoms with Crippen molar-refractivity contribution in [3.05, 3.63) is 303 Å². The molecule has 0 saturated carbocycles. The standard InChI is InChI=1S/2C34H33As2P.9ClH.3Re/c2*1-6-16-30(17-7-1)35(31-18-8-2-9-19-31)26-28-37(34-24-14-5-15-25-34)29-27-36(32-20-10-3-11-21-32)33-22-12-4-13-23-33;;;;;;;;;;;;/h2*1-25H,26-29H2;9*1H;;;/q;;;;;;;;;;;3*+3/p-9. The monoisotopic (exact) mass is 2120 g/mol. The molecule has 0 aliphatic carbocycles. The molecule has 0 fully saturated rings. The summed E-state index contributed by atoms with van der Waals surface area (Å²) >= 11 is -11.6. The molecule has 18 heteroatoms. The van der Waals surface area contributed by atoms with Crippen LogP contribution in [0.5, 0.6) is 0 Å². The van der Waals surface area contributed by atoms with Gasteiger partial charge in [-0.25, -0.2) is 0 Å². The van der Waals surface area contributed by atoms with Gasteiger partial charge in [-0.1, -0.05) is 0 Å². The zero-order valence-electron chi connectivity index (χ0n) is 46.7. The first-order valence-corrected chi connectivity index (χ1v) is 73.7. The van der Waals surface area contributed by atoms with Crippen LogP contribution in [0.25, 0.3) is 0 Å². The van der Waals surface area contributed by atoms with E-state index in [0.717, 1.165) is 0 Å². The number of halogens is 9. The first kappa shape index (κ1) is 74.9. The molecule has 0 aliphatic rings. The Labute approximate surface area is 587 Å². The Kier molecular flexibility index (Phi) is 39.4. The van der Waals surface area contributed by atoms with Gasteiger partial charge in [0.05, 0.1) is 0 Å². The van der Waals surface area contributed by atoms with Gasteiger partial charge in [-0.05, 0) is 0 Å². The normalized spacial score (nSPS) is 11.3. The molecule has 86 heavy (non-hydrogen) atoms. The van der Waals surface area contributed by atoms with Crippen molar-refractivity contribution in [3.63, 3.8) is 0 Å². The van der Waals surface area contributed by atoms with Crippen LogP contribution in [0.15, 0.2) is 303 Å². The molecular weight excluding hydrogens is 2060 g/mol. The van der Waals surface area contributed by atoms with Crippen molar-refractivity contribution in [1.29, 1.82) is 0 Å². The van der Waals surface area contributed by atoms with E-state index in [1.165, 1.54) is 45.5 Å². The molecule has 0 unspecified atom stereocenters. The van der Waals surface area contributed by atoms with Crippen molar-refractivity contribution in [2.24, 2.45) is 0 Å². The van der Waals surface area contributed by atoms with Gasteiger partial charge >= 0.3 is 596 Å². The van der Waals surface area contributed by atoms with Gasteiger partial charge in [-0.2, -0.15) is 0 Å². The zero-order valence-corrected chi connectivity index (χ0v) is 71.0. The second-order valence-corrected chi connectivity index (χ2v) is 78.3. The summed E-state index contributed by atoms with van der Waals surface area (Å²) < 4.78 is 12.6. The van der Waals surface area contributed by atoms with Gasteiger partial charge < -0.3 is 0 Å². The van der Waals surface area contributed by atoms with Crippen LogP contribution < -0.4 is 45.4 Å². The van der Waals surface area contributed by atoms with Crippen LogP contribution >= 0.6 is 102 Å². The molecule has 0 bridgehead atoms. The molecule has 0 aliphatic heterocycles. The molecular formula is C68H66As4Cl9P2Re3. The summed E-state index contributed by atoms with van der Waals surface area (Å²) in [6, 6.07) is 113. The minimum atomic E-state index is -2.05. The van der Waals surface area contributed by atoms with Crippen molar-refractivity contribution < 1.29 is 41.1 Å². The van der Waals surface area contributed by atoms with Crippen molar-refractivity contribution in [2.75, 3.05) is 24.6 Å². The minimum absolute atomic E-state index is 0.209. The summed E-state index contributed by atoms with van der Waals surface area (Å²) in [6.07, 6.45) is 5.26. The summed E-state index contributed by atoms with van der Waals surface area (Å²) in [4.78, 5) is 0. The van der Waals surface area contributed by atoms with E-state index in [0.29, 0.717) is 0 Å². The Morgan fingerprint density at radius 1 is 0.198 bits per heavy atom. The Bertz CT molecular complexity index is 2710. The number of benzene rings is 10. The fourth-order valence-corrected chi connectivity index (χ4v) is 40.7. The van der Waals surface area contributed by atoms with Crippen molar-refractivity contribution in [3.8, 4) is 0 Å². The maximum absolute atomic E-state index is 4.99. The number of hydrogen-bond acceptors (Lipinski definition) is 0. The van der Waals surface area contributed by atoms with E-state index < -0.39 is 99.7 Å². The summed E-state index contributed by atoms with van der Waals surface area (Å²) in [7, 11) is 44.5. The van der Waals surface area contributed by atoms with Crippen LogP contribution in [0.3, 0.4) is 0 Å². The zero-order chi connectivity index (χ0) is 61.0. The quantitative estimate of drug-likeness (QED) is 0.0469. The molecule has 10 aromatic carbocycles. The van der Waals surface area contributed by atoms with Crippen molar-refractivity contribution in [1.82, 2.24) is 0 Å². The van der Waals surface area contributed by atoms with E-state index in [1.807, 2.05) is 0 Å². The van der Waals surface area contributed by atoms with Crippen LogP contribution in [-0.2, 0) is 41.1 Å². The Morgan fingerprint density at radius 3 is 0.442 bits per heavy atom. The first-order chi connectivity index (χ1) is 42.0. The third kappa shape index (κ3) is 29.5. The predicted molar refractivity (Wildman–Crippen MR) is 389 cm³/mol. The summed E-state index contributed by atoms with van der Waals surface area (Å²) in [5.74, 6) is 0. The second kappa shape index (κ2) is 45.3. The van der Waals surface area contributed by atoms with Crippen molar-refractivity contribution in [2.45, 2.75) is 20.8 Å². The van der Waals surface area contributed by atoms with E-state index in [4.69, 9.17) is 85.8 Å². The molecule has 10 rings (SSSR count). The maximum atomic E-state index is 4.99. The predicted octanol–water partition coefficient (Wildman–Crippen LogP) is 17.0. The topological polar surface area (TPSA) is 0 Å². The van der Waals surface area contributed by atoms with Crippen LogP contribution in [0, 0.1) is 0 Å². The molecule has 0 nitrogen and oxygen atoms in total. The van der Waals surface area contributed by atoms with Gasteiger partial charge in [0.1, 0.15) is 0 Å². The van der Waals surface area contributed by atoms with Gasteiger partial charge in [-0.15, -0.1) is 0 Å². The molecule has 10 aromatic rings. The summed E-state index contributed by atoms with van der Waals surface area (Å²) in [5.41, 5.74) is 0. The fraction of sp³-hybridized carbons (Fsp3) is 0.118. The van der Waals surface area contributed by atoms with Crippen LogP contribution in [0.1, 0.15) is 0 Å². The molecule has 0 N–H and O–H groups in total. The van der Waals surface area contributed by atoms with Gasteiger partial charge in [0, 0.05) is 0 Å². The van der Waals surface area contributed by atoms with Crippen LogP contribution in [0.2, 0.25) is 20.8 Å². The molecule has 0 atom stereocenters. The van der Waals surface area contributed by atoms with E-state index in [2.05, 4.69) is 303 Å². The third-order valence-corrected chi connectivity index (χ3v) is 42.4. The molecule has 452 valence electrons. The van der Waals surface area contributed by atoms with Gasteiger partial charge in [0.15, 0.2) is 0 Å². The van der Waals surface area contributed by atoms with Crippen LogP contribution in [0.4, 0.5) is 0 Å². The molecule has 0 amide bonds. The Balaban J connectivity index is 0.000000232. The summed E-state index contributed by atoms with van der Waals surface area (Å²) in [6.45, 7) is 0. The average Bonchev–Trinajstić information content (AvgIpc) is 3.63. The molecule has 0 saturated heterocycles. The van der Waals surface area contributed by atoms with Gasteiger partial charge in [0.25, 0.3) is 0 Å². The first-order valence-electron chi connectivity index (χ1n) is 27.2. The SMILES string of the molecule is [Cl][Re]([Cl])[Cl].[Cl][Re]([Cl])[Cl].[Cl][Re]([Cl])[Cl].c1ccc(P(CC[As](c2ccccc2)c2ccccc2)CC[As](c2ccccc2)c2ccccc2)cc1.c1ccc(P(CC[As](c2ccccc2)c2ccccc2)CC[As](c2ccccc2)c2ccccc2)cc1. The average molecular weight is 2120 g/mol. The Morgan fingerprint density at radius 2 is 0.314 bits per heavy atom. The van der Waals surface area contributed by atoms with Crippen molar-refractivity contribution >= 4 is 206 Å². The number of hydrogen-bond donors (Lipinski definition) is 0. The molecule has 0 spiro atoms. The molecule has 0 heterocycles. The Hall–Kier alpha value is -0.109. The number of rotatable bonds is 22. The van der Waals surface area contributed by atoms with Gasteiger partial charge in [-0.3, -0.25) is 0 Å². The second-order valence-electron chi connectivity index (χ2n) is 18.4. The third-order valence-electron chi connectivity index (χ3n) is 13.2. The van der Waals surface area contributed by atoms with E-state index >= 15 is 0 Å². The molecule has 0 aromatic heterocycles. The fourth-order valence-electron chi connectivity index (χ4n) is 9.39. The molecule has 0 radical (unpaired) electrons. The van der Waals surface area contributed by atoms with Gasteiger partial charge in [0.2, 0.25) is 0 Å².